The topological polar surface area (TPSA) is 61.4 Å². The minimum absolute atomic E-state index is 0. The first-order chi connectivity index (χ1) is 8.79. The second-order valence-electron chi connectivity index (χ2n) is 5.77. The lowest BCUT2D eigenvalue weighted by Crippen LogP contribution is -2.44. The Hall–Kier alpha value is 0.120. The van der Waals surface area contributed by atoms with Gasteiger partial charge in [-0.1, -0.05) is 27.7 Å². The van der Waals surface area contributed by atoms with E-state index < -0.39 is 10.2 Å². The molecule has 0 rings (SSSR count). The van der Waals surface area contributed by atoms with Crippen LogP contribution in [0.4, 0.5) is 0 Å². The lowest BCUT2D eigenvalue weighted by atomic mass is 10.1. The fourth-order valence-electron chi connectivity index (χ4n) is 1.55. The molecule has 0 unspecified atom stereocenters. The molecule has 0 radical (unpaired) electrons. The summed E-state index contributed by atoms with van der Waals surface area (Å²) in [6, 6.07) is 0. The Kier molecular flexibility index (Phi) is 13.2. The highest BCUT2D eigenvalue weighted by molar-refractivity contribution is 7.87. The molecule has 0 heterocycles. The molecule has 0 aromatic heterocycles. The van der Waals surface area contributed by atoms with Crippen LogP contribution in [0.3, 0.4) is 0 Å². The van der Waals surface area contributed by atoms with E-state index in [0.717, 1.165) is 12.8 Å². The molecule has 0 amide bonds. The molecular weight excluding hydrogens is 298 g/mol. The van der Waals surface area contributed by atoms with E-state index in [4.69, 9.17) is 0 Å². The first-order valence-corrected chi connectivity index (χ1v) is 8.63. The molecular formula is C13H32ClN3O2S. The smallest absolute Gasteiger partial charge is 0.279 e. The minimum Gasteiger partial charge on any atom is -0.318 e. The molecule has 0 aliphatic rings. The van der Waals surface area contributed by atoms with Gasteiger partial charge in [0.2, 0.25) is 0 Å². The van der Waals surface area contributed by atoms with Crippen LogP contribution in [0.25, 0.3) is 0 Å². The van der Waals surface area contributed by atoms with Crippen molar-refractivity contribution in [1.82, 2.24) is 14.3 Å². The van der Waals surface area contributed by atoms with E-state index in [0.29, 0.717) is 38.0 Å². The summed E-state index contributed by atoms with van der Waals surface area (Å²) < 4.78 is 28.7. The zero-order valence-corrected chi connectivity index (χ0v) is 15.1. The van der Waals surface area contributed by atoms with Crippen LogP contribution in [0.1, 0.15) is 40.5 Å². The second-order valence-corrected chi connectivity index (χ2v) is 7.52. The van der Waals surface area contributed by atoms with E-state index in [1.54, 1.807) is 4.31 Å². The molecule has 7 heteroatoms. The summed E-state index contributed by atoms with van der Waals surface area (Å²) in [7, 11) is -1.53. The lowest BCUT2D eigenvalue weighted by Gasteiger charge is -2.24. The van der Waals surface area contributed by atoms with Crippen LogP contribution in [0.2, 0.25) is 0 Å². The van der Waals surface area contributed by atoms with Crippen LogP contribution in [0.5, 0.6) is 0 Å². The number of rotatable bonds is 11. The van der Waals surface area contributed by atoms with Crippen molar-refractivity contribution in [3.63, 3.8) is 0 Å². The standard InChI is InChI=1S/C13H31N3O2S.ClH/c1-12(2)6-10-16(11-7-13(3)4)19(17,18)15-9-8-14-5;/h12-15H,6-11H2,1-5H3;1H. The van der Waals surface area contributed by atoms with Gasteiger partial charge >= 0.3 is 0 Å². The molecule has 20 heavy (non-hydrogen) atoms. The Bertz CT molecular complexity index is 310. The average molecular weight is 330 g/mol. The maximum Gasteiger partial charge on any atom is 0.279 e. The Labute approximate surface area is 131 Å². The summed E-state index contributed by atoms with van der Waals surface area (Å²) in [5.74, 6) is 1.02. The highest BCUT2D eigenvalue weighted by Gasteiger charge is 2.21. The first-order valence-electron chi connectivity index (χ1n) is 7.19. The zero-order valence-electron chi connectivity index (χ0n) is 13.5. The molecule has 0 aromatic carbocycles. The quantitative estimate of drug-likeness (QED) is 0.569. The normalized spacial score (nSPS) is 12.2. The van der Waals surface area contributed by atoms with Gasteiger partial charge in [-0.25, -0.2) is 4.72 Å². The van der Waals surface area contributed by atoms with Crippen molar-refractivity contribution in [3.05, 3.63) is 0 Å². The van der Waals surface area contributed by atoms with Crippen molar-refractivity contribution < 1.29 is 8.42 Å². The third kappa shape index (κ3) is 10.9. The van der Waals surface area contributed by atoms with E-state index in [1.807, 2.05) is 7.05 Å². The maximum absolute atomic E-state index is 12.2. The van der Waals surface area contributed by atoms with Gasteiger partial charge in [-0.05, 0) is 31.7 Å². The Morgan fingerprint density at radius 1 is 0.950 bits per heavy atom. The summed E-state index contributed by atoms with van der Waals surface area (Å²) in [6.07, 6.45) is 1.79. The van der Waals surface area contributed by atoms with Gasteiger partial charge in [0, 0.05) is 26.2 Å². The molecule has 0 fully saturated rings. The zero-order chi connectivity index (χ0) is 14.9. The monoisotopic (exact) mass is 329 g/mol. The predicted molar refractivity (Wildman–Crippen MR) is 88.6 cm³/mol. The third-order valence-corrected chi connectivity index (χ3v) is 4.52. The lowest BCUT2D eigenvalue weighted by molar-refractivity contribution is 0.352. The maximum atomic E-state index is 12.2. The molecule has 0 aliphatic carbocycles. The van der Waals surface area contributed by atoms with Gasteiger partial charge < -0.3 is 5.32 Å². The van der Waals surface area contributed by atoms with E-state index >= 15 is 0 Å². The third-order valence-electron chi connectivity index (χ3n) is 2.91. The second kappa shape index (κ2) is 11.7. The molecule has 5 nitrogen and oxygen atoms in total. The van der Waals surface area contributed by atoms with Gasteiger partial charge in [-0.2, -0.15) is 12.7 Å². The summed E-state index contributed by atoms with van der Waals surface area (Å²) in [5, 5.41) is 2.93. The number of hydrogen-bond donors (Lipinski definition) is 2. The van der Waals surface area contributed by atoms with Crippen molar-refractivity contribution in [3.8, 4) is 0 Å². The van der Waals surface area contributed by atoms with E-state index in [-0.39, 0.29) is 12.4 Å². The molecule has 124 valence electrons. The summed E-state index contributed by atoms with van der Waals surface area (Å²) in [5.41, 5.74) is 0. The van der Waals surface area contributed by atoms with Gasteiger partial charge in [-0.3, -0.25) is 0 Å². The van der Waals surface area contributed by atoms with Gasteiger partial charge in [0.25, 0.3) is 10.2 Å². The van der Waals surface area contributed by atoms with Crippen LogP contribution in [-0.4, -0.2) is 45.9 Å². The predicted octanol–water partition coefficient (Wildman–Crippen LogP) is 1.86. The molecule has 0 spiro atoms. The van der Waals surface area contributed by atoms with Crippen LogP contribution < -0.4 is 10.0 Å². The van der Waals surface area contributed by atoms with Crippen molar-refractivity contribution in [2.24, 2.45) is 11.8 Å². The number of likely N-dealkylation sites (N-methyl/N-ethyl adjacent to an activating group) is 1. The van der Waals surface area contributed by atoms with Gasteiger partial charge in [0.15, 0.2) is 0 Å². The summed E-state index contributed by atoms with van der Waals surface area (Å²) >= 11 is 0. The van der Waals surface area contributed by atoms with Crippen LogP contribution >= 0.6 is 12.4 Å². The van der Waals surface area contributed by atoms with E-state index in [1.165, 1.54) is 0 Å². The number of halogens is 1. The minimum atomic E-state index is -3.34. The summed E-state index contributed by atoms with van der Waals surface area (Å²) in [4.78, 5) is 0. The fraction of sp³-hybridized carbons (Fsp3) is 1.00. The number of nitrogens with zero attached hydrogens (tertiary/aromatic N) is 1. The Morgan fingerprint density at radius 2 is 1.40 bits per heavy atom. The van der Waals surface area contributed by atoms with Gasteiger partial charge in [-0.15, -0.1) is 12.4 Å². The number of hydrogen-bond acceptors (Lipinski definition) is 3. The SMILES string of the molecule is CNCCNS(=O)(=O)N(CCC(C)C)CCC(C)C.Cl. The Morgan fingerprint density at radius 3 is 1.75 bits per heavy atom. The van der Waals surface area contributed by atoms with Crippen molar-refractivity contribution in [2.75, 3.05) is 33.2 Å². The first kappa shape index (κ1) is 22.4. The molecule has 0 aromatic rings. The van der Waals surface area contributed by atoms with Gasteiger partial charge in [0.1, 0.15) is 0 Å². The van der Waals surface area contributed by atoms with Crippen molar-refractivity contribution >= 4 is 22.6 Å². The largest absolute Gasteiger partial charge is 0.318 e. The van der Waals surface area contributed by atoms with Gasteiger partial charge in [0.05, 0.1) is 0 Å². The highest BCUT2D eigenvalue weighted by atomic mass is 35.5. The highest BCUT2D eigenvalue weighted by Crippen LogP contribution is 2.09. The molecule has 0 saturated heterocycles. The molecule has 0 saturated carbocycles. The van der Waals surface area contributed by atoms with Crippen molar-refractivity contribution in [1.29, 1.82) is 0 Å². The Balaban J connectivity index is 0. The fourth-order valence-corrected chi connectivity index (χ4v) is 2.79. The van der Waals surface area contributed by atoms with Crippen molar-refractivity contribution in [2.45, 2.75) is 40.5 Å². The van der Waals surface area contributed by atoms with Crippen LogP contribution in [0.15, 0.2) is 0 Å². The number of nitrogens with one attached hydrogen (secondary N) is 2. The average Bonchev–Trinajstić information content (AvgIpc) is 2.27. The summed E-state index contributed by atoms with van der Waals surface area (Å²) in [6.45, 7) is 10.7. The van der Waals surface area contributed by atoms with E-state index in [9.17, 15) is 8.42 Å². The van der Waals surface area contributed by atoms with Crippen LogP contribution in [0, 0.1) is 11.8 Å². The molecule has 2 N–H and O–H groups in total. The van der Waals surface area contributed by atoms with Crippen LogP contribution in [-0.2, 0) is 10.2 Å². The molecule has 0 bridgehead atoms. The molecule has 0 atom stereocenters. The van der Waals surface area contributed by atoms with E-state index in [2.05, 4.69) is 37.7 Å². The molecule has 0 aliphatic heterocycles.